The number of para-hydroxylation sites is 1. The van der Waals surface area contributed by atoms with Crippen molar-refractivity contribution in [2.45, 2.75) is 19.9 Å². The van der Waals surface area contributed by atoms with E-state index in [1.165, 1.54) is 11.2 Å². The molecule has 30 heavy (non-hydrogen) atoms. The summed E-state index contributed by atoms with van der Waals surface area (Å²) < 4.78 is 7.40. The number of hydrogen-bond donors (Lipinski definition) is 1. The summed E-state index contributed by atoms with van der Waals surface area (Å²) in [4.78, 5) is 27.1. The van der Waals surface area contributed by atoms with Crippen molar-refractivity contribution in [3.05, 3.63) is 84.4 Å². The van der Waals surface area contributed by atoms with Crippen molar-refractivity contribution in [3.8, 4) is 0 Å². The number of fused-ring (bicyclic) bond motifs is 1. The molecule has 2 aromatic carbocycles. The van der Waals surface area contributed by atoms with E-state index in [2.05, 4.69) is 23.0 Å². The van der Waals surface area contributed by atoms with Crippen LogP contribution in [-0.4, -0.2) is 23.4 Å². The maximum atomic E-state index is 13.0. The van der Waals surface area contributed by atoms with Crippen molar-refractivity contribution in [2.24, 2.45) is 0 Å². The highest BCUT2D eigenvalue weighted by Gasteiger charge is 2.21. The Kier molecular flexibility index (Phi) is 5.39. The number of amides is 2. The van der Waals surface area contributed by atoms with Crippen LogP contribution in [0, 0.1) is 0 Å². The van der Waals surface area contributed by atoms with Gasteiger partial charge in [-0.05, 0) is 55.0 Å². The minimum atomic E-state index is -0.320. The summed E-state index contributed by atoms with van der Waals surface area (Å²) in [6.45, 7) is 3.10. The van der Waals surface area contributed by atoms with Crippen LogP contribution in [0.4, 0.5) is 11.4 Å². The van der Waals surface area contributed by atoms with E-state index in [-0.39, 0.29) is 17.6 Å². The van der Waals surface area contributed by atoms with E-state index in [1.807, 2.05) is 24.3 Å². The number of aryl methyl sites for hydroxylation is 1. The lowest BCUT2D eigenvalue weighted by atomic mass is 10.1. The van der Waals surface area contributed by atoms with Crippen LogP contribution in [0.15, 0.2) is 77.5 Å². The maximum absolute atomic E-state index is 13.0. The van der Waals surface area contributed by atoms with Crippen molar-refractivity contribution in [3.63, 3.8) is 0 Å². The minimum Gasteiger partial charge on any atom is -0.459 e. The van der Waals surface area contributed by atoms with Crippen LogP contribution in [-0.2, 0) is 6.54 Å². The summed E-state index contributed by atoms with van der Waals surface area (Å²) in [5.41, 5.74) is 2.76. The smallest absolute Gasteiger partial charge is 0.293 e. The van der Waals surface area contributed by atoms with Gasteiger partial charge in [0.05, 0.1) is 17.5 Å². The van der Waals surface area contributed by atoms with Crippen LogP contribution in [0.1, 0.15) is 34.3 Å². The van der Waals surface area contributed by atoms with Gasteiger partial charge in [-0.15, -0.1) is 0 Å². The molecule has 0 unspecified atom stereocenters. The zero-order valence-electron chi connectivity index (χ0n) is 17.0. The van der Waals surface area contributed by atoms with Crippen molar-refractivity contribution in [2.75, 3.05) is 17.3 Å². The number of nitrogens with zero attached hydrogens (tertiary/aromatic N) is 2. The van der Waals surface area contributed by atoms with E-state index in [1.54, 1.807) is 43.4 Å². The lowest BCUT2D eigenvalue weighted by molar-refractivity contribution is 0.0966. The molecule has 1 N–H and O–H groups in total. The first-order chi connectivity index (χ1) is 14.6. The second-order valence-corrected chi connectivity index (χ2v) is 7.10. The fraction of sp³-hybridized carbons (Fsp3) is 0.167. The summed E-state index contributed by atoms with van der Waals surface area (Å²) >= 11 is 0. The number of hydrogen-bond acceptors (Lipinski definition) is 3. The summed E-state index contributed by atoms with van der Waals surface area (Å²) in [5, 5.41) is 4.02. The SMILES string of the molecule is CCCn1ccc2cc(NC(=O)c3ccccc3N(C)C(=O)c3ccco3)ccc21. The average molecular weight is 401 g/mol. The predicted molar refractivity (Wildman–Crippen MR) is 118 cm³/mol. The van der Waals surface area contributed by atoms with Crippen LogP contribution in [0.3, 0.4) is 0 Å². The molecule has 2 heterocycles. The Labute approximate surface area is 174 Å². The first kappa shape index (κ1) is 19.5. The molecule has 6 heteroatoms. The van der Waals surface area contributed by atoms with Gasteiger partial charge in [-0.3, -0.25) is 9.59 Å². The van der Waals surface area contributed by atoms with E-state index in [9.17, 15) is 9.59 Å². The molecule has 4 rings (SSSR count). The van der Waals surface area contributed by atoms with Crippen LogP contribution in [0.2, 0.25) is 0 Å². The summed E-state index contributed by atoms with van der Waals surface area (Å²) in [6.07, 6.45) is 4.57. The molecule has 0 fully saturated rings. The molecular weight excluding hydrogens is 378 g/mol. The highest BCUT2D eigenvalue weighted by Crippen LogP contribution is 2.25. The monoisotopic (exact) mass is 401 g/mol. The highest BCUT2D eigenvalue weighted by atomic mass is 16.3. The molecule has 0 spiro atoms. The van der Waals surface area contributed by atoms with Gasteiger partial charge in [0, 0.05) is 36.4 Å². The van der Waals surface area contributed by atoms with Crippen LogP contribution in [0.25, 0.3) is 10.9 Å². The molecule has 2 aromatic heterocycles. The second kappa shape index (κ2) is 8.29. The molecule has 0 atom stereocenters. The zero-order chi connectivity index (χ0) is 21.1. The van der Waals surface area contributed by atoms with Crippen LogP contribution >= 0.6 is 0 Å². The molecule has 0 aliphatic heterocycles. The van der Waals surface area contributed by atoms with Crippen molar-refractivity contribution >= 4 is 34.1 Å². The van der Waals surface area contributed by atoms with E-state index < -0.39 is 0 Å². The fourth-order valence-electron chi connectivity index (χ4n) is 3.55. The standard InChI is InChI=1S/C24H23N3O3/c1-3-13-27-14-12-17-16-18(10-11-20(17)27)25-23(28)19-7-4-5-8-21(19)26(2)24(29)22-9-6-15-30-22/h4-12,14-16H,3,13H2,1-2H3,(H,25,28). The van der Waals surface area contributed by atoms with Gasteiger partial charge in [0.25, 0.3) is 11.8 Å². The van der Waals surface area contributed by atoms with E-state index in [0.29, 0.717) is 16.9 Å². The number of carbonyl (C=O) groups is 2. The van der Waals surface area contributed by atoms with Gasteiger partial charge < -0.3 is 19.2 Å². The molecule has 2 amide bonds. The third kappa shape index (κ3) is 3.72. The first-order valence-electron chi connectivity index (χ1n) is 9.89. The van der Waals surface area contributed by atoms with Gasteiger partial charge in [-0.1, -0.05) is 19.1 Å². The maximum Gasteiger partial charge on any atom is 0.293 e. The quantitative estimate of drug-likeness (QED) is 0.484. The Hall–Kier alpha value is -3.80. The van der Waals surface area contributed by atoms with Crippen LogP contribution in [0.5, 0.6) is 0 Å². The number of furan rings is 1. The van der Waals surface area contributed by atoms with Gasteiger partial charge in [0.2, 0.25) is 0 Å². The van der Waals surface area contributed by atoms with Gasteiger partial charge in [0.15, 0.2) is 5.76 Å². The van der Waals surface area contributed by atoms with Crippen LogP contribution < -0.4 is 10.2 Å². The number of rotatable bonds is 6. The predicted octanol–water partition coefficient (Wildman–Crippen LogP) is 5.17. The van der Waals surface area contributed by atoms with Gasteiger partial charge in [-0.25, -0.2) is 0 Å². The largest absolute Gasteiger partial charge is 0.459 e. The van der Waals surface area contributed by atoms with Crippen molar-refractivity contribution < 1.29 is 14.0 Å². The Morgan fingerprint density at radius 3 is 2.67 bits per heavy atom. The molecule has 4 aromatic rings. The summed E-state index contributed by atoms with van der Waals surface area (Å²) in [5.74, 6) is -0.384. The minimum absolute atomic E-state index is 0.217. The molecule has 0 radical (unpaired) electrons. The number of aromatic nitrogens is 1. The highest BCUT2D eigenvalue weighted by molar-refractivity contribution is 6.13. The average Bonchev–Trinajstić information content (AvgIpc) is 3.43. The number of anilines is 2. The summed E-state index contributed by atoms with van der Waals surface area (Å²) in [7, 11) is 1.62. The Bertz CT molecular complexity index is 1190. The molecule has 0 aliphatic rings. The van der Waals surface area contributed by atoms with E-state index >= 15 is 0 Å². The molecule has 6 nitrogen and oxygen atoms in total. The Balaban J connectivity index is 1.58. The molecule has 0 bridgehead atoms. The normalized spacial score (nSPS) is 10.9. The molecule has 0 aliphatic carbocycles. The third-order valence-corrected chi connectivity index (χ3v) is 5.04. The number of carbonyl (C=O) groups excluding carboxylic acids is 2. The molecule has 0 saturated heterocycles. The second-order valence-electron chi connectivity index (χ2n) is 7.10. The number of nitrogens with one attached hydrogen (secondary N) is 1. The van der Waals surface area contributed by atoms with Crippen molar-refractivity contribution in [1.29, 1.82) is 0 Å². The lowest BCUT2D eigenvalue weighted by Gasteiger charge is -2.19. The fourth-order valence-corrected chi connectivity index (χ4v) is 3.55. The third-order valence-electron chi connectivity index (χ3n) is 5.04. The van der Waals surface area contributed by atoms with Gasteiger partial charge >= 0.3 is 0 Å². The molecule has 152 valence electrons. The summed E-state index contributed by atoms with van der Waals surface area (Å²) in [6, 6.07) is 18.2. The first-order valence-corrected chi connectivity index (χ1v) is 9.89. The molecule has 0 saturated carbocycles. The van der Waals surface area contributed by atoms with Gasteiger partial charge in [0.1, 0.15) is 0 Å². The topological polar surface area (TPSA) is 67.5 Å². The van der Waals surface area contributed by atoms with E-state index in [0.717, 1.165) is 23.9 Å². The van der Waals surface area contributed by atoms with Gasteiger partial charge in [-0.2, -0.15) is 0 Å². The number of benzene rings is 2. The Morgan fingerprint density at radius 1 is 1.07 bits per heavy atom. The molecular formula is C24H23N3O3. The van der Waals surface area contributed by atoms with Crippen molar-refractivity contribution in [1.82, 2.24) is 4.57 Å². The lowest BCUT2D eigenvalue weighted by Crippen LogP contribution is -2.28. The zero-order valence-corrected chi connectivity index (χ0v) is 17.0. The Morgan fingerprint density at radius 2 is 1.90 bits per heavy atom. The van der Waals surface area contributed by atoms with E-state index in [4.69, 9.17) is 4.42 Å².